The van der Waals surface area contributed by atoms with Crippen LogP contribution in [0.15, 0.2) is 123 Å². The van der Waals surface area contributed by atoms with Gasteiger partial charge in [-0.2, -0.15) is 0 Å². The van der Waals surface area contributed by atoms with Crippen LogP contribution in [-0.2, 0) is 81.6 Å². The summed E-state index contributed by atoms with van der Waals surface area (Å²) in [5, 5.41) is 63.9. The van der Waals surface area contributed by atoms with E-state index in [0.717, 1.165) is 23.6 Å². The summed E-state index contributed by atoms with van der Waals surface area (Å²) in [5.41, 5.74) is -16.7. The molecule has 512 valence electrons. The van der Waals surface area contributed by atoms with Crippen LogP contribution in [0.3, 0.4) is 0 Å². The highest BCUT2D eigenvalue weighted by molar-refractivity contribution is 7.47. The van der Waals surface area contributed by atoms with Crippen molar-refractivity contribution in [2.24, 2.45) is 0 Å². The van der Waals surface area contributed by atoms with Crippen molar-refractivity contribution in [3.8, 4) is 0 Å². The molecule has 0 aliphatic carbocycles. The van der Waals surface area contributed by atoms with E-state index in [1.165, 1.54) is 96.2 Å². The molecule has 11 N–H and O–H groups in total. The maximum atomic E-state index is 14.9. The number of phosphoric acid groups is 2. The number of nitrogens with zero attached hydrogens (tertiary/aromatic N) is 11. The van der Waals surface area contributed by atoms with E-state index in [0.29, 0.717) is 42.8 Å². The summed E-state index contributed by atoms with van der Waals surface area (Å²) < 4.78 is 93.0. The molecular weight excluding hydrogens is 1310 g/mol. The van der Waals surface area contributed by atoms with Crippen molar-refractivity contribution in [3.63, 3.8) is 0 Å². The van der Waals surface area contributed by atoms with E-state index < -0.39 is 113 Å². The Balaban J connectivity index is 0.832. The van der Waals surface area contributed by atoms with Crippen LogP contribution in [0.1, 0.15) is 79.0 Å². The van der Waals surface area contributed by atoms with Gasteiger partial charge in [0.05, 0.1) is 32.5 Å². The van der Waals surface area contributed by atoms with Gasteiger partial charge in [0.1, 0.15) is 83.2 Å². The maximum Gasteiger partial charge on any atom is 0.694 e. The van der Waals surface area contributed by atoms with Gasteiger partial charge in [0.2, 0.25) is 0 Å². The molecule has 4 aliphatic heterocycles. The standard InChI is InChI=1S/C60H74N15O18P3/c1-52(76)40(89-58(7,55(52,4)77)73-34-70-43-46(64-31-67-49(43)73)61-25-37-19-13-10-14-20-37)29-87-95(82,83)93-54(3)42(91-60(9,57(54,6)79)75-36-72-45-48(66-33-69-51(45)75)63-27-39-23-17-12-18-24-39)30-88-96(84,85)92-53(2)41(28-86-94(80)81)90-59(8,56(53,5)78)74-35-71-44-47(65-32-68-50(44)74)62-26-38-21-15-11-16-22-38/h10-24,31-33,35-36,40-42,70,76-79H,25-30,34H2,1-9H3,(H5-,61,62,63,64,65,66,67,68,69,80,81,82,83,84,85)/p+1. The van der Waals surface area contributed by atoms with E-state index in [2.05, 4.69) is 61.1 Å². The SMILES string of the molecule is CC1(O)C(COP(=O)(O)OC2(C)C(COP(=O)(O)OC3(C)C(CO[P+](=O)O)OC(C)(n4cnc5c(NCc6ccccc6)ncnc54)C3(C)O)OC(C)(n3cnc4c(NCc5ccccc5)ncnc43)C2(C)O)OC(C)(N2CNc3c(NCc4ccccc4)ncnc32)C1(C)O. The van der Waals surface area contributed by atoms with Crippen LogP contribution in [0.4, 0.5) is 29.0 Å². The first kappa shape index (κ1) is 68.7. The second kappa shape index (κ2) is 25.0. The lowest BCUT2D eigenvalue weighted by Crippen LogP contribution is -2.66. The van der Waals surface area contributed by atoms with Gasteiger partial charge in [0.15, 0.2) is 62.8 Å². The normalized spacial score (nSPS) is 32.4. The van der Waals surface area contributed by atoms with Crippen LogP contribution in [-0.4, -0.2) is 168 Å². The molecule has 0 radical (unpaired) electrons. The van der Waals surface area contributed by atoms with Crippen molar-refractivity contribution in [1.82, 2.24) is 49.0 Å². The molecule has 4 aliphatic rings. The molecule has 8 aromatic rings. The van der Waals surface area contributed by atoms with Gasteiger partial charge in [0.25, 0.3) is 0 Å². The number of benzene rings is 3. The summed E-state index contributed by atoms with van der Waals surface area (Å²) in [6, 6.07) is 28.5. The summed E-state index contributed by atoms with van der Waals surface area (Å²) in [7, 11) is -14.7. The number of aromatic nitrogens is 10. The molecule has 9 heterocycles. The van der Waals surface area contributed by atoms with E-state index in [9.17, 15) is 48.8 Å². The lowest BCUT2D eigenvalue weighted by atomic mass is 9.78. The second-order valence-corrected chi connectivity index (χ2v) is 28.8. The van der Waals surface area contributed by atoms with Crippen LogP contribution >= 0.6 is 23.9 Å². The molecule has 0 spiro atoms. The van der Waals surface area contributed by atoms with Crippen molar-refractivity contribution in [3.05, 3.63) is 139 Å². The zero-order valence-electron chi connectivity index (χ0n) is 53.6. The largest absolute Gasteiger partial charge is 0.694 e. The Morgan fingerprint density at radius 2 is 0.938 bits per heavy atom. The number of hydrogen-bond acceptors (Lipinski definition) is 28. The summed E-state index contributed by atoms with van der Waals surface area (Å²) in [5.74, 6) is 1.31. The van der Waals surface area contributed by atoms with Crippen molar-refractivity contribution in [1.29, 1.82) is 0 Å². The second-order valence-electron chi connectivity index (χ2n) is 25.3. The molecule has 36 heteroatoms. The quantitative estimate of drug-likeness (QED) is 0.0297. The molecule has 0 amide bonds. The Kier molecular flexibility index (Phi) is 17.9. The molecule has 3 aromatic carbocycles. The van der Waals surface area contributed by atoms with Gasteiger partial charge < -0.3 is 70.6 Å². The van der Waals surface area contributed by atoms with Crippen LogP contribution in [0, 0.1) is 0 Å². The van der Waals surface area contributed by atoms with E-state index in [1.807, 2.05) is 91.0 Å². The minimum atomic E-state index is -5.70. The smallest absolute Gasteiger partial charge is 0.384 e. The number of ether oxygens (including phenoxy) is 3. The average Bonchev–Trinajstić information content (AvgIpc) is 1.54. The number of aliphatic hydroxyl groups is 4. The molecular formula is C60H75N15O18P3+. The zero-order valence-corrected chi connectivity index (χ0v) is 56.3. The highest BCUT2D eigenvalue weighted by Crippen LogP contribution is 2.63. The van der Waals surface area contributed by atoms with Crippen LogP contribution in [0.25, 0.3) is 22.3 Å². The predicted octanol–water partition coefficient (Wildman–Crippen LogP) is 5.90. The highest BCUT2D eigenvalue weighted by atomic mass is 31.2. The van der Waals surface area contributed by atoms with Crippen molar-refractivity contribution < 1.29 is 85.6 Å². The molecule has 0 bridgehead atoms. The fourth-order valence-electron chi connectivity index (χ4n) is 13.0. The molecule has 3 fully saturated rings. The van der Waals surface area contributed by atoms with E-state index in [-0.39, 0.29) is 34.8 Å². The number of nitrogens with one attached hydrogen (secondary N) is 4. The number of phosphoric ester groups is 2. The predicted molar refractivity (Wildman–Crippen MR) is 344 cm³/mol. The molecule has 33 nitrogen and oxygen atoms in total. The molecule has 12 rings (SSSR count). The van der Waals surface area contributed by atoms with E-state index >= 15 is 0 Å². The fraction of sp³-hybridized carbons (Fsp3) is 0.467. The van der Waals surface area contributed by atoms with Crippen molar-refractivity contribution >= 4 is 75.2 Å². The van der Waals surface area contributed by atoms with E-state index in [1.54, 1.807) is 4.90 Å². The fourth-order valence-corrected chi connectivity index (χ4v) is 15.5. The molecule has 15 atom stereocenters. The number of fused-ring (bicyclic) bond motifs is 3. The monoisotopic (exact) mass is 1390 g/mol. The van der Waals surface area contributed by atoms with Gasteiger partial charge in [-0.15, -0.1) is 9.42 Å². The minimum absolute atomic E-state index is 0.00213. The van der Waals surface area contributed by atoms with Crippen LogP contribution < -0.4 is 26.2 Å². The topological polar surface area (TPSA) is 431 Å². The van der Waals surface area contributed by atoms with E-state index in [4.69, 9.17) is 36.8 Å². The van der Waals surface area contributed by atoms with Gasteiger partial charge in [-0.3, -0.25) is 27.2 Å². The van der Waals surface area contributed by atoms with Gasteiger partial charge in [0, 0.05) is 24.2 Å². The first-order valence-corrected chi connectivity index (χ1v) is 34.5. The summed E-state index contributed by atoms with van der Waals surface area (Å²) in [4.78, 5) is 71.3. The first-order valence-electron chi connectivity index (χ1n) is 30.4. The van der Waals surface area contributed by atoms with Crippen LogP contribution in [0.5, 0.6) is 0 Å². The van der Waals surface area contributed by atoms with Gasteiger partial charge >= 0.3 is 23.9 Å². The van der Waals surface area contributed by atoms with Crippen molar-refractivity contribution in [2.75, 3.05) is 52.7 Å². The van der Waals surface area contributed by atoms with Gasteiger partial charge in [-0.1, -0.05) is 91.0 Å². The molecule has 5 aromatic heterocycles. The molecule has 15 unspecified atom stereocenters. The third-order valence-electron chi connectivity index (χ3n) is 19.8. The Morgan fingerprint density at radius 3 is 1.39 bits per heavy atom. The Labute approximate surface area is 550 Å². The van der Waals surface area contributed by atoms with Gasteiger partial charge in [-0.25, -0.2) is 49.0 Å². The summed E-state index contributed by atoms with van der Waals surface area (Å²) in [6.07, 6.45) is 1.18. The number of imidazole rings is 2. The summed E-state index contributed by atoms with van der Waals surface area (Å²) in [6.45, 7) is 9.80. The third-order valence-corrected chi connectivity index (χ3v) is 22.4. The Morgan fingerprint density at radius 1 is 0.542 bits per heavy atom. The maximum absolute atomic E-state index is 14.9. The average molecular weight is 1390 g/mol. The number of rotatable bonds is 25. The lowest BCUT2D eigenvalue weighted by Gasteiger charge is -2.45. The van der Waals surface area contributed by atoms with Crippen molar-refractivity contribution in [2.45, 2.75) is 151 Å². The first-order chi connectivity index (χ1) is 45.2. The minimum Gasteiger partial charge on any atom is -0.384 e. The summed E-state index contributed by atoms with van der Waals surface area (Å²) >= 11 is 0. The van der Waals surface area contributed by atoms with Gasteiger partial charge in [-0.05, 0) is 79.0 Å². The molecule has 96 heavy (non-hydrogen) atoms. The number of anilines is 5. The Hall–Kier alpha value is -7.20. The Bertz CT molecular complexity index is 4300. The lowest BCUT2D eigenvalue weighted by molar-refractivity contribution is -0.185. The zero-order chi connectivity index (χ0) is 68.7. The third kappa shape index (κ3) is 11.6. The molecule has 0 saturated carbocycles. The highest BCUT2D eigenvalue weighted by Gasteiger charge is 2.75. The van der Waals surface area contributed by atoms with Crippen LogP contribution in [0.2, 0.25) is 0 Å². The molecule has 3 saturated heterocycles. The number of hydrogen-bond donors (Lipinski definition) is 11.